The molecule has 0 aliphatic carbocycles. The van der Waals surface area contributed by atoms with Crippen molar-refractivity contribution in [2.75, 3.05) is 13.1 Å². The maximum atomic E-state index is 12.0. The first kappa shape index (κ1) is 14.8. The molecular weight excluding hydrogens is 278 g/mol. The van der Waals surface area contributed by atoms with E-state index in [9.17, 15) is 4.79 Å². The quantitative estimate of drug-likeness (QED) is 0.517. The van der Waals surface area contributed by atoms with Crippen molar-refractivity contribution < 1.29 is 9.21 Å². The minimum atomic E-state index is -0.380. The first-order valence-corrected chi connectivity index (χ1v) is 7.68. The van der Waals surface area contributed by atoms with Gasteiger partial charge < -0.3 is 4.42 Å². The van der Waals surface area contributed by atoms with Crippen molar-refractivity contribution in [1.29, 1.82) is 0 Å². The van der Waals surface area contributed by atoms with Gasteiger partial charge in [-0.3, -0.25) is 15.1 Å². The van der Waals surface area contributed by atoms with E-state index >= 15 is 0 Å². The number of carbonyl (C=O) groups is 1. The summed E-state index contributed by atoms with van der Waals surface area (Å²) in [5.74, 6) is 5.21. The van der Waals surface area contributed by atoms with Crippen molar-refractivity contribution in [1.82, 2.24) is 10.3 Å². The Morgan fingerprint density at radius 2 is 1.91 bits per heavy atom. The van der Waals surface area contributed by atoms with Crippen LogP contribution in [0.5, 0.6) is 0 Å². The molecule has 22 heavy (non-hydrogen) atoms. The molecular formula is C17H21N3O2. The molecule has 116 valence electrons. The van der Waals surface area contributed by atoms with Gasteiger partial charge in [-0.15, -0.1) is 0 Å². The van der Waals surface area contributed by atoms with Crippen molar-refractivity contribution in [3.8, 4) is 11.1 Å². The van der Waals surface area contributed by atoms with Crippen molar-refractivity contribution in [2.45, 2.75) is 25.8 Å². The number of rotatable bonds is 4. The molecule has 1 aromatic carbocycles. The number of nitrogens with two attached hydrogens (primary N) is 1. The lowest BCUT2D eigenvalue weighted by molar-refractivity contribution is 0.0922. The highest BCUT2D eigenvalue weighted by Gasteiger charge is 2.23. The molecule has 0 spiro atoms. The fourth-order valence-electron chi connectivity index (χ4n) is 3.00. The van der Waals surface area contributed by atoms with E-state index in [2.05, 4.69) is 10.3 Å². The second-order valence-corrected chi connectivity index (χ2v) is 5.63. The number of nitrogen functional groups attached to an aromatic ring is 1. The van der Waals surface area contributed by atoms with Gasteiger partial charge in [0.05, 0.1) is 6.26 Å². The Kier molecular flexibility index (Phi) is 4.56. The lowest BCUT2D eigenvalue weighted by Gasteiger charge is -2.26. The Morgan fingerprint density at radius 1 is 1.18 bits per heavy atom. The zero-order chi connectivity index (χ0) is 15.4. The van der Waals surface area contributed by atoms with E-state index in [4.69, 9.17) is 10.3 Å². The topological polar surface area (TPSA) is 71.5 Å². The standard InChI is InChI=1S/C17H21N3O2/c18-19-17(21)16-14(11-20-9-5-2-6-10-20)15(12-22-16)13-7-3-1-4-8-13/h1,3-4,7-8,12H,2,5-6,9-11,18H2,(H,19,21). The fraction of sp³-hybridized carbons (Fsp3) is 0.353. The first-order chi connectivity index (χ1) is 10.8. The minimum absolute atomic E-state index is 0.312. The van der Waals surface area contributed by atoms with Crippen LogP contribution in [0.15, 0.2) is 41.0 Å². The van der Waals surface area contributed by atoms with Crippen molar-refractivity contribution >= 4 is 5.91 Å². The summed E-state index contributed by atoms with van der Waals surface area (Å²) in [5, 5.41) is 0. The highest BCUT2D eigenvalue weighted by molar-refractivity contribution is 5.94. The molecule has 3 rings (SSSR count). The predicted molar refractivity (Wildman–Crippen MR) is 84.9 cm³/mol. The summed E-state index contributed by atoms with van der Waals surface area (Å²) in [6.45, 7) is 2.83. The highest BCUT2D eigenvalue weighted by Crippen LogP contribution is 2.30. The van der Waals surface area contributed by atoms with Gasteiger partial charge in [0, 0.05) is 17.7 Å². The van der Waals surface area contributed by atoms with E-state index < -0.39 is 0 Å². The molecule has 0 atom stereocenters. The van der Waals surface area contributed by atoms with Crippen LogP contribution in [0, 0.1) is 0 Å². The van der Waals surface area contributed by atoms with Crippen molar-refractivity contribution in [3.63, 3.8) is 0 Å². The number of carbonyl (C=O) groups excluding carboxylic acids is 1. The molecule has 5 nitrogen and oxygen atoms in total. The van der Waals surface area contributed by atoms with Crippen LogP contribution in [0.1, 0.15) is 35.4 Å². The molecule has 0 unspecified atom stereocenters. The van der Waals surface area contributed by atoms with Crippen LogP contribution in [-0.2, 0) is 6.54 Å². The molecule has 1 amide bonds. The van der Waals surface area contributed by atoms with E-state index in [0.29, 0.717) is 12.3 Å². The third-order valence-corrected chi connectivity index (χ3v) is 4.15. The number of hydrogen-bond acceptors (Lipinski definition) is 4. The van der Waals surface area contributed by atoms with E-state index in [1.807, 2.05) is 30.3 Å². The number of nitrogens with one attached hydrogen (secondary N) is 1. The number of likely N-dealkylation sites (tertiary alicyclic amines) is 1. The number of furan rings is 1. The summed E-state index contributed by atoms with van der Waals surface area (Å²) in [6.07, 6.45) is 5.34. The molecule has 0 saturated carbocycles. The van der Waals surface area contributed by atoms with Gasteiger partial charge in [-0.25, -0.2) is 5.84 Å². The van der Waals surface area contributed by atoms with Gasteiger partial charge in [0.2, 0.25) is 0 Å². The Hall–Kier alpha value is -2.11. The molecule has 0 radical (unpaired) electrons. The second-order valence-electron chi connectivity index (χ2n) is 5.63. The Labute approximate surface area is 130 Å². The molecule has 5 heteroatoms. The van der Waals surface area contributed by atoms with Gasteiger partial charge in [-0.2, -0.15) is 0 Å². The van der Waals surface area contributed by atoms with Gasteiger partial charge >= 0.3 is 5.91 Å². The monoisotopic (exact) mass is 299 g/mol. The first-order valence-electron chi connectivity index (χ1n) is 7.68. The summed E-state index contributed by atoms with van der Waals surface area (Å²) in [5.41, 5.74) is 5.10. The number of piperidine rings is 1. The number of amides is 1. The zero-order valence-corrected chi connectivity index (χ0v) is 12.5. The SMILES string of the molecule is NNC(=O)c1occ(-c2ccccc2)c1CN1CCCCC1. The number of benzene rings is 1. The van der Waals surface area contributed by atoms with Crippen LogP contribution < -0.4 is 11.3 Å². The number of hydrogen-bond donors (Lipinski definition) is 2. The second kappa shape index (κ2) is 6.77. The molecule has 1 aromatic heterocycles. The third kappa shape index (κ3) is 3.05. The van der Waals surface area contributed by atoms with E-state index in [-0.39, 0.29) is 5.91 Å². The van der Waals surface area contributed by atoms with Crippen LogP contribution in [0.25, 0.3) is 11.1 Å². The summed E-state index contributed by atoms with van der Waals surface area (Å²) in [7, 11) is 0. The Morgan fingerprint density at radius 3 is 2.59 bits per heavy atom. The predicted octanol–water partition coefficient (Wildman–Crippen LogP) is 2.54. The molecule has 1 aliphatic heterocycles. The zero-order valence-electron chi connectivity index (χ0n) is 12.5. The molecule has 1 aliphatic rings. The van der Waals surface area contributed by atoms with Crippen LogP contribution in [0.4, 0.5) is 0 Å². The fourth-order valence-corrected chi connectivity index (χ4v) is 3.00. The number of hydrazine groups is 1. The molecule has 3 N–H and O–H groups in total. The summed E-state index contributed by atoms with van der Waals surface area (Å²) >= 11 is 0. The van der Waals surface area contributed by atoms with Crippen LogP contribution in [0.2, 0.25) is 0 Å². The van der Waals surface area contributed by atoms with E-state index in [1.54, 1.807) is 6.26 Å². The third-order valence-electron chi connectivity index (χ3n) is 4.15. The molecule has 2 heterocycles. The van der Waals surface area contributed by atoms with Gasteiger partial charge in [-0.1, -0.05) is 36.8 Å². The normalized spacial score (nSPS) is 15.7. The molecule has 0 bridgehead atoms. The van der Waals surface area contributed by atoms with Gasteiger partial charge in [-0.05, 0) is 31.5 Å². The summed E-state index contributed by atoms with van der Waals surface area (Å²) in [4.78, 5) is 14.3. The molecule has 2 aromatic rings. The summed E-state index contributed by atoms with van der Waals surface area (Å²) in [6, 6.07) is 9.98. The minimum Gasteiger partial charge on any atom is -0.458 e. The summed E-state index contributed by atoms with van der Waals surface area (Å²) < 4.78 is 5.53. The molecule has 1 fully saturated rings. The van der Waals surface area contributed by atoms with Gasteiger partial charge in [0.1, 0.15) is 0 Å². The van der Waals surface area contributed by atoms with Crippen molar-refractivity contribution in [3.05, 3.63) is 47.9 Å². The van der Waals surface area contributed by atoms with Gasteiger partial charge in [0.25, 0.3) is 0 Å². The largest absolute Gasteiger partial charge is 0.458 e. The average molecular weight is 299 g/mol. The smallest absolute Gasteiger partial charge is 0.301 e. The highest BCUT2D eigenvalue weighted by atomic mass is 16.3. The lowest BCUT2D eigenvalue weighted by Crippen LogP contribution is -2.33. The Bertz CT molecular complexity index is 631. The van der Waals surface area contributed by atoms with Crippen LogP contribution in [-0.4, -0.2) is 23.9 Å². The van der Waals surface area contributed by atoms with Crippen LogP contribution in [0.3, 0.4) is 0 Å². The Balaban J connectivity index is 1.95. The van der Waals surface area contributed by atoms with Gasteiger partial charge in [0.15, 0.2) is 5.76 Å². The average Bonchev–Trinajstić information content (AvgIpc) is 2.99. The van der Waals surface area contributed by atoms with E-state index in [0.717, 1.165) is 29.8 Å². The maximum Gasteiger partial charge on any atom is 0.301 e. The maximum absolute atomic E-state index is 12.0. The molecule has 1 saturated heterocycles. The van der Waals surface area contributed by atoms with Crippen LogP contribution >= 0.6 is 0 Å². The number of nitrogens with zero attached hydrogens (tertiary/aromatic N) is 1. The lowest BCUT2D eigenvalue weighted by atomic mass is 10.0. The van der Waals surface area contributed by atoms with Crippen molar-refractivity contribution in [2.24, 2.45) is 5.84 Å². The van der Waals surface area contributed by atoms with E-state index in [1.165, 1.54) is 19.3 Å².